The number of hydrogen-bond acceptors (Lipinski definition) is 3. The molecule has 3 nitrogen and oxygen atoms in total. The van der Waals surface area contributed by atoms with E-state index in [9.17, 15) is 4.79 Å². The minimum absolute atomic E-state index is 0.355. The standard InChI is InChI=1S/C12H12BrNO2/c1-16-12(15)10-8-9(4-2-3-7-13)5-6-11(10)14/h5-6,8H,3,7,14H2,1H3. The third kappa shape index (κ3) is 3.28. The normalized spacial score (nSPS) is 9.12. The lowest BCUT2D eigenvalue weighted by atomic mass is 10.1. The molecule has 0 aliphatic carbocycles. The molecule has 0 heterocycles. The van der Waals surface area contributed by atoms with Crippen molar-refractivity contribution in [2.75, 3.05) is 18.2 Å². The maximum atomic E-state index is 11.4. The van der Waals surface area contributed by atoms with E-state index in [-0.39, 0.29) is 0 Å². The van der Waals surface area contributed by atoms with Crippen LogP contribution >= 0.6 is 15.9 Å². The number of anilines is 1. The number of rotatable bonds is 2. The second-order valence-electron chi connectivity index (χ2n) is 3.03. The van der Waals surface area contributed by atoms with Crippen molar-refractivity contribution in [3.05, 3.63) is 29.3 Å². The quantitative estimate of drug-likeness (QED) is 0.391. The maximum Gasteiger partial charge on any atom is 0.339 e. The zero-order chi connectivity index (χ0) is 12.0. The number of carbonyl (C=O) groups is 1. The van der Waals surface area contributed by atoms with Gasteiger partial charge in [0.15, 0.2) is 0 Å². The van der Waals surface area contributed by atoms with Gasteiger partial charge in [-0.2, -0.15) is 0 Å². The van der Waals surface area contributed by atoms with E-state index >= 15 is 0 Å². The van der Waals surface area contributed by atoms with Gasteiger partial charge in [0.25, 0.3) is 0 Å². The largest absolute Gasteiger partial charge is 0.465 e. The number of nitrogen functional groups attached to an aromatic ring is 1. The summed E-state index contributed by atoms with van der Waals surface area (Å²) in [5.74, 6) is 5.47. The summed E-state index contributed by atoms with van der Waals surface area (Å²) in [6.45, 7) is 0. The van der Waals surface area contributed by atoms with Crippen LogP contribution in [0.15, 0.2) is 18.2 Å². The molecule has 0 amide bonds. The molecule has 0 saturated carbocycles. The number of halogens is 1. The monoisotopic (exact) mass is 281 g/mol. The van der Waals surface area contributed by atoms with Crippen molar-refractivity contribution in [1.29, 1.82) is 0 Å². The van der Waals surface area contributed by atoms with Crippen LogP contribution in [-0.2, 0) is 4.74 Å². The van der Waals surface area contributed by atoms with Crippen molar-refractivity contribution in [2.24, 2.45) is 0 Å². The van der Waals surface area contributed by atoms with E-state index in [4.69, 9.17) is 5.73 Å². The Morgan fingerprint density at radius 1 is 1.56 bits per heavy atom. The Morgan fingerprint density at radius 2 is 2.31 bits per heavy atom. The van der Waals surface area contributed by atoms with Gasteiger partial charge in [-0.1, -0.05) is 27.8 Å². The third-order valence-corrected chi connectivity index (χ3v) is 2.31. The number of esters is 1. The molecular weight excluding hydrogens is 270 g/mol. The second-order valence-corrected chi connectivity index (χ2v) is 3.83. The molecule has 1 aromatic carbocycles. The van der Waals surface area contributed by atoms with Gasteiger partial charge in [0.05, 0.1) is 12.7 Å². The molecule has 0 atom stereocenters. The van der Waals surface area contributed by atoms with E-state index in [0.29, 0.717) is 11.3 Å². The molecule has 4 heteroatoms. The molecule has 0 spiro atoms. The fourth-order valence-electron chi connectivity index (χ4n) is 1.13. The molecule has 1 rings (SSSR count). The van der Waals surface area contributed by atoms with Crippen molar-refractivity contribution in [3.63, 3.8) is 0 Å². The van der Waals surface area contributed by atoms with Crippen molar-refractivity contribution < 1.29 is 9.53 Å². The van der Waals surface area contributed by atoms with E-state index in [1.807, 2.05) is 0 Å². The maximum absolute atomic E-state index is 11.4. The Balaban J connectivity index is 2.99. The highest BCUT2D eigenvalue weighted by atomic mass is 79.9. The van der Waals surface area contributed by atoms with Gasteiger partial charge < -0.3 is 10.5 Å². The zero-order valence-corrected chi connectivity index (χ0v) is 10.5. The molecule has 0 unspecified atom stereocenters. The second kappa shape index (κ2) is 6.19. The predicted molar refractivity (Wildman–Crippen MR) is 67.5 cm³/mol. The number of carbonyl (C=O) groups excluding carboxylic acids is 1. The predicted octanol–water partition coefficient (Wildman–Crippen LogP) is 2.19. The molecular formula is C12H12BrNO2. The fraction of sp³-hybridized carbons (Fsp3) is 0.250. The van der Waals surface area contributed by atoms with E-state index in [0.717, 1.165) is 17.3 Å². The minimum Gasteiger partial charge on any atom is -0.465 e. The van der Waals surface area contributed by atoms with Crippen LogP contribution in [0.1, 0.15) is 22.3 Å². The van der Waals surface area contributed by atoms with Gasteiger partial charge in [0.1, 0.15) is 0 Å². The zero-order valence-electron chi connectivity index (χ0n) is 8.92. The number of methoxy groups -OCH3 is 1. The molecule has 84 valence electrons. The number of nitrogens with two attached hydrogens (primary N) is 1. The molecule has 1 aromatic rings. The van der Waals surface area contributed by atoms with Gasteiger partial charge in [-0.3, -0.25) is 0 Å². The number of alkyl halides is 1. The van der Waals surface area contributed by atoms with Crippen molar-refractivity contribution in [3.8, 4) is 11.8 Å². The van der Waals surface area contributed by atoms with E-state index in [1.54, 1.807) is 18.2 Å². The highest BCUT2D eigenvalue weighted by Crippen LogP contribution is 2.14. The summed E-state index contributed by atoms with van der Waals surface area (Å²) in [6, 6.07) is 5.08. The highest BCUT2D eigenvalue weighted by Gasteiger charge is 2.09. The lowest BCUT2D eigenvalue weighted by Crippen LogP contribution is -2.05. The van der Waals surface area contributed by atoms with E-state index < -0.39 is 5.97 Å². The van der Waals surface area contributed by atoms with Gasteiger partial charge in [-0.15, -0.1) is 0 Å². The Kier molecular flexibility index (Phi) is 4.87. The summed E-state index contributed by atoms with van der Waals surface area (Å²) in [6.07, 6.45) is 0.762. The minimum atomic E-state index is -0.443. The van der Waals surface area contributed by atoms with E-state index in [2.05, 4.69) is 32.5 Å². The SMILES string of the molecule is COC(=O)c1cc(C#CCCBr)ccc1N. The van der Waals surface area contributed by atoms with Crippen LogP contribution in [0.3, 0.4) is 0 Å². The number of benzene rings is 1. The lowest BCUT2D eigenvalue weighted by molar-refractivity contribution is 0.0602. The highest BCUT2D eigenvalue weighted by molar-refractivity contribution is 9.09. The Labute approximate surface area is 103 Å². The van der Waals surface area contributed by atoms with E-state index in [1.165, 1.54) is 7.11 Å². The molecule has 0 fully saturated rings. The average Bonchev–Trinajstić information content (AvgIpc) is 2.30. The first-order valence-corrected chi connectivity index (χ1v) is 5.84. The molecule has 0 aliphatic rings. The molecule has 16 heavy (non-hydrogen) atoms. The third-order valence-electron chi connectivity index (χ3n) is 1.91. The summed E-state index contributed by atoms with van der Waals surface area (Å²) < 4.78 is 4.62. The van der Waals surface area contributed by atoms with Gasteiger partial charge in [-0.25, -0.2) is 4.79 Å². The summed E-state index contributed by atoms with van der Waals surface area (Å²) in [4.78, 5) is 11.4. The van der Waals surface area contributed by atoms with Gasteiger partial charge in [0, 0.05) is 23.0 Å². The lowest BCUT2D eigenvalue weighted by Gasteiger charge is -2.03. The molecule has 0 radical (unpaired) electrons. The van der Waals surface area contributed by atoms with Crippen LogP contribution in [0.2, 0.25) is 0 Å². The summed E-state index contributed by atoms with van der Waals surface area (Å²) in [7, 11) is 1.32. The summed E-state index contributed by atoms with van der Waals surface area (Å²) in [5, 5.41) is 0.832. The van der Waals surface area contributed by atoms with Gasteiger partial charge in [-0.05, 0) is 18.2 Å². The molecule has 0 bridgehead atoms. The molecule has 0 aliphatic heterocycles. The number of ether oxygens (including phenoxy) is 1. The van der Waals surface area contributed by atoms with Crippen LogP contribution in [0.5, 0.6) is 0 Å². The van der Waals surface area contributed by atoms with Crippen molar-refractivity contribution in [2.45, 2.75) is 6.42 Å². The van der Waals surface area contributed by atoms with Crippen molar-refractivity contribution >= 4 is 27.6 Å². The van der Waals surface area contributed by atoms with Crippen LogP contribution in [0.4, 0.5) is 5.69 Å². The molecule has 2 N–H and O–H groups in total. The first-order valence-electron chi connectivity index (χ1n) is 4.71. The van der Waals surface area contributed by atoms with Gasteiger partial charge in [0.2, 0.25) is 0 Å². The van der Waals surface area contributed by atoms with Crippen LogP contribution < -0.4 is 5.73 Å². The first-order chi connectivity index (χ1) is 7.69. The topological polar surface area (TPSA) is 52.3 Å². The van der Waals surface area contributed by atoms with Crippen molar-refractivity contribution in [1.82, 2.24) is 0 Å². The molecule has 0 aromatic heterocycles. The Morgan fingerprint density at radius 3 is 2.94 bits per heavy atom. The average molecular weight is 282 g/mol. The van der Waals surface area contributed by atoms with Crippen LogP contribution in [-0.4, -0.2) is 18.4 Å². The van der Waals surface area contributed by atoms with Crippen LogP contribution in [0.25, 0.3) is 0 Å². The molecule has 0 saturated heterocycles. The Hall–Kier alpha value is -1.47. The summed E-state index contributed by atoms with van der Waals surface area (Å²) >= 11 is 3.29. The first kappa shape index (κ1) is 12.6. The fourth-order valence-corrected chi connectivity index (χ4v) is 1.33. The van der Waals surface area contributed by atoms with Crippen LogP contribution in [0, 0.1) is 11.8 Å². The smallest absolute Gasteiger partial charge is 0.339 e. The Bertz CT molecular complexity index is 446. The summed E-state index contributed by atoms with van der Waals surface area (Å²) in [5.41, 5.74) is 7.18. The van der Waals surface area contributed by atoms with Gasteiger partial charge >= 0.3 is 5.97 Å². The number of hydrogen-bond donors (Lipinski definition) is 1.